The molecule has 0 saturated carbocycles. The van der Waals surface area contributed by atoms with Crippen LogP contribution in [0.3, 0.4) is 0 Å². The van der Waals surface area contributed by atoms with Crippen LogP contribution in [0.15, 0.2) is 6.33 Å². The van der Waals surface area contributed by atoms with Crippen molar-refractivity contribution in [3.05, 3.63) is 12.2 Å². The van der Waals surface area contributed by atoms with Crippen LogP contribution in [0.1, 0.15) is 24.5 Å². The first kappa shape index (κ1) is 13.1. The molecule has 1 aromatic rings. The van der Waals surface area contributed by atoms with Gasteiger partial charge in [0, 0.05) is 0 Å². The third kappa shape index (κ3) is 3.02. The maximum atomic E-state index is 11.5. The highest BCUT2D eigenvalue weighted by Gasteiger charge is 2.30. The topological polar surface area (TPSA) is 83.3 Å². The van der Waals surface area contributed by atoms with E-state index in [0.29, 0.717) is 0 Å². The molecule has 0 aliphatic heterocycles. The molecule has 0 N–H and O–H groups in total. The molecule has 0 aliphatic rings. The van der Waals surface area contributed by atoms with Crippen molar-refractivity contribution in [2.75, 3.05) is 14.2 Å². The summed E-state index contributed by atoms with van der Waals surface area (Å²) in [6, 6.07) is 0. The van der Waals surface area contributed by atoms with Crippen LogP contribution in [0, 0.1) is 5.41 Å². The molecule has 0 fully saturated rings. The van der Waals surface area contributed by atoms with Crippen LogP contribution in [-0.4, -0.2) is 40.9 Å². The standard InChI is InChI=1S/C10H15N3O4/c1-10(2,9(15)17-4)5-13-6-11-7(12-13)8(14)16-3/h6H,5H2,1-4H3. The summed E-state index contributed by atoms with van der Waals surface area (Å²) >= 11 is 0. The highest BCUT2D eigenvalue weighted by Crippen LogP contribution is 2.19. The average Bonchev–Trinajstić information content (AvgIpc) is 2.74. The van der Waals surface area contributed by atoms with E-state index < -0.39 is 11.4 Å². The third-order valence-electron chi connectivity index (χ3n) is 2.20. The Morgan fingerprint density at radius 2 is 2.00 bits per heavy atom. The Morgan fingerprint density at radius 3 is 2.53 bits per heavy atom. The van der Waals surface area contributed by atoms with Crippen molar-refractivity contribution in [2.45, 2.75) is 20.4 Å². The third-order valence-corrected chi connectivity index (χ3v) is 2.20. The Bertz CT molecular complexity index is 425. The Labute approximate surface area is 98.7 Å². The van der Waals surface area contributed by atoms with E-state index in [1.54, 1.807) is 13.8 Å². The number of carbonyl (C=O) groups is 2. The number of rotatable bonds is 4. The lowest BCUT2D eigenvalue weighted by Gasteiger charge is -2.20. The second-order valence-corrected chi connectivity index (χ2v) is 4.13. The number of carbonyl (C=O) groups excluding carboxylic acids is 2. The smallest absolute Gasteiger partial charge is 0.377 e. The van der Waals surface area contributed by atoms with Crippen LogP contribution >= 0.6 is 0 Å². The number of hydrogen-bond donors (Lipinski definition) is 0. The molecule has 0 radical (unpaired) electrons. The molecule has 0 bridgehead atoms. The van der Waals surface area contributed by atoms with Crippen molar-refractivity contribution < 1.29 is 19.1 Å². The van der Waals surface area contributed by atoms with Crippen molar-refractivity contribution in [3.8, 4) is 0 Å². The van der Waals surface area contributed by atoms with Gasteiger partial charge in [0.05, 0.1) is 26.2 Å². The molecular formula is C10H15N3O4. The monoisotopic (exact) mass is 241 g/mol. The first-order chi connectivity index (χ1) is 7.90. The van der Waals surface area contributed by atoms with Crippen LogP contribution in [-0.2, 0) is 20.8 Å². The van der Waals surface area contributed by atoms with Crippen LogP contribution in [0.4, 0.5) is 0 Å². The molecule has 7 heteroatoms. The lowest BCUT2D eigenvalue weighted by Crippen LogP contribution is -2.31. The number of hydrogen-bond acceptors (Lipinski definition) is 6. The fraction of sp³-hybridized carbons (Fsp3) is 0.600. The van der Waals surface area contributed by atoms with Gasteiger partial charge in [0.2, 0.25) is 0 Å². The van der Waals surface area contributed by atoms with Gasteiger partial charge in [-0.3, -0.25) is 9.48 Å². The zero-order chi connectivity index (χ0) is 13.1. The van der Waals surface area contributed by atoms with Gasteiger partial charge in [0.15, 0.2) is 0 Å². The molecule has 7 nitrogen and oxygen atoms in total. The second kappa shape index (κ2) is 4.94. The predicted octanol–water partition coefficient (Wildman–Crippen LogP) is 0.264. The fourth-order valence-electron chi connectivity index (χ4n) is 1.30. The lowest BCUT2D eigenvalue weighted by molar-refractivity contribution is -0.151. The van der Waals surface area contributed by atoms with E-state index in [4.69, 9.17) is 0 Å². The minimum Gasteiger partial charge on any atom is -0.469 e. The first-order valence-corrected chi connectivity index (χ1v) is 4.97. The minimum absolute atomic E-state index is 0.0341. The Kier molecular flexibility index (Phi) is 3.82. The van der Waals surface area contributed by atoms with Crippen LogP contribution in [0.2, 0.25) is 0 Å². The fourth-order valence-corrected chi connectivity index (χ4v) is 1.30. The largest absolute Gasteiger partial charge is 0.469 e. The zero-order valence-electron chi connectivity index (χ0n) is 10.3. The number of ether oxygens (including phenoxy) is 2. The Balaban J connectivity index is 2.79. The van der Waals surface area contributed by atoms with Crippen molar-refractivity contribution in [3.63, 3.8) is 0 Å². The number of esters is 2. The summed E-state index contributed by atoms with van der Waals surface area (Å²) in [5.74, 6) is -1.000. The summed E-state index contributed by atoms with van der Waals surface area (Å²) < 4.78 is 10.6. The minimum atomic E-state index is -0.740. The van der Waals surface area contributed by atoms with E-state index in [9.17, 15) is 9.59 Å². The summed E-state index contributed by atoms with van der Waals surface area (Å²) in [5, 5.41) is 3.91. The Morgan fingerprint density at radius 1 is 1.35 bits per heavy atom. The highest BCUT2D eigenvalue weighted by molar-refractivity contribution is 5.84. The van der Waals surface area contributed by atoms with Gasteiger partial charge < -0.3 is 9.47 Å². The predicted molar refractivity (Wildman–Crippen MR) is 57.2 cm³/mol. The summed E-state index contributed by atoms with van der Waals surface area (Å²) in [7, 11) is 2.58. The molecule has 0 amide bonds. The molecule has 17 heavy (non-hydrogen) atoms. The van der Waals surface area contributed by atoms with E-state index in [2.05, 4.69) is 19.6 Å². The average molecular weight is 241 g/mol. The van der Waals surface area contributed by atoms with Gasteiger partial charge in [-0.15, -0.1) is 5.10 Å². The summed E-state index contributed by atoms with van der Waals surface area (Å²) in [5.41, 5.74) is -0.740. The van der Waals surface area contributed by atoms with Crippen LogP contribution in [0.25, 0.3) is 0 Å². The maximum Gasteiger partial charge on any atom is 0.377 e. The molecule has 0 spiro atoms. The molecule has 1 aromatic heterocycles. The molecule has 1 heterocycles. The maximum absolute atomic E-state index is 11.5. The van der Waals surface area contributed by atoms with Gasteiger partial charge in [-0.05, 0) is 13.8 Å². The second-order valence-electron chi connectivity index (χ2n) is 4.13. The van der Waals surface area contributed by atoms with Gasteiger partial charge >= 0.3 is 11.9 Å². The van der Waals surface area contributed by atoms with E-state index >= 15 is 0 Å². The molecule has 0 aliphatic carbocycles. The van der Waals surface area contributed by atoms with Crippen LogP contribution in [0.5, 0.6) is 0 Å². The molecular weight excluding hydrogens is 226 g/mol. The van der Waals surface area contributed by atoms with E-state index in [0.717, 1.165) is 0 Å². The number of nitrogens with zero attached hydrogens (tertiary/aromatic N) is 3. The van der Waals surface area contributed by atoms with Gasteiger partial charge in [-0.25, -0.2) is 9.78 Å². The summed E-state index contributed by atoms with van der Waals surface area (Å²) in [4.78, 5) is 26.4. The first-order valence-electron chi connectivity index (χ1n) is 4.97. The Hall–Kier alpha value is -1.92. The zero-order valence-corrected chi connectivity index (χ0v) is 10.3. The van der Waals surface area contributed by atoms with Crippen molar-refractivity contribution in [1.29, 1.82) is 0 Å². The van der Waals surface area contributed by atoms with Gasteiger partial charge in [-0.1, -0.05) is 0 Å². The lowest BCUT2D eigenvalue weighted by atomic mass is 9.94. The number of methoxy groups -OCH3 is 2. The molecule has 0 aromatic carbocycles. The summed E-state index contributed by atoms with van der Waals surface area (Å²) in [6.45, 7) is 3.71. The molecule has 1 rings (SSSR count). The molecule has 0 saturated heterocycles. The van der Waals surface area contributed by atoms with Gasteiger partial charge in [-0.2, -0.15) is 0 Å². The van der Waals surface area contributed by atoms with E-state index in [1.165, 1.54) is 25.2 Å². The van der Waals surface area contributed by atoms with Crippen molar-refractivity contribution in [1.82, 2.24) is 14.8 Å². The summed E-state index contributed by atoms with van der Waals surface area (Å²) in [6.07, 6.45) is 1.37. The highest BCUT2D eigenvalue weighted by atomic mass is 16.5. The van der Waals surface area contributed by atoms with E-state index in [-0.39, 0.29) is 18.3 Å². The van der Waals surface area contributed by atoms with Gasteiger partial charge in [0.1, 0.15) is 6.33 Å². The molecule has 94 valence electrons. The van der Waals surface area contributed by atoms with E-state index in [1.807, 2.05) is 0 Å². The molecule has 0 atom stereocenters. The van der Waals surface area contributed by atoms with Crippen LogP contribution < -0.4 is 0 Å². The van der Waals surface area contributed by atoms with Gasteiger partial charge in [0.25, 0.3) is 5.82 Å². The SMILES string of the molecule is COC(=O)c1ncn(CC(C)(C)C(=O)OC)n1. The molecule has 0 unspecified atom stereocenters. The normalized spacial score (nSPS) is 11.1. The van der Waals surface area contributed by atoms with Crippen molar-refractivity contribution in [2.24, 2.45) is 5.41 Å². The quantitative estimate of drug-likeness (QED) is 0.703. The number of aromatic nitrogens is 3. The van der Waals surface area contributed by atoms with Crippen molar-refractivity contribution >= 4 is 11.9 Å².